The van der Waals surface area contributed by atoms with Crippen LogP contribution in [0.5, 0.6) is 0 Å². The summed E-state index contributed by atoms with van der Waals surface area (Å²) in [6, 6.07) is 4.04. The van der Waals surface area contributed by atoms with Gasteiger partial charge in [-0.05, 0) is 30.2 Å². The van der Waals surface area contributed by atoms with Gasteiger partial charge in [0.1, 0.15) is 5.82 Å². The molecule has 1 aromatic heterocycles. The molecule has 0 aliphatic carbocycles. The van der Waals surface area contributed by atoms with Gasteiger partial charge >= 0.3 is 0 Å². The van der Waals surface area contributed by atoms with Crippen LogP contribution in [0.4, 0.5) is 5.82 Å². The molecule has 1 aromatic rings. The number of nitrogens with one attached hydrogen (secondary N) is 1. The van der Waals surface area contributed by atoms with E-state index in [0.717, 1.165) is 31.4 Å². The van der Waals surface area contributed by atoms with E-state index in [2.05, 4.69) is 36.1 Å². The zero-order valence-electron chi connectivity index (χ0n) is 11.1. The minimum atomic E-state index is 0.724. The van der Waals surface area contributed by atoms with Crippen LogP contribution in [0.25, 0.3) is 0 Å². The van der Waals surface area contributed by atoms with Crippen LogP contribution in [0.15, 0.2) is 18.3 Å². The highest BCUT2D eigenvalue weighted by atomic mass is 15.2. The summed E-state index contributed by atoms with van der Waals surface area (Å²) in [4.78, 5) is 6.56. The van der Waals surface area contributed by atoms with E-state index in [1.807, 2.05) is 12.1 Å². The zero-order valence-corrected chi connectivity index (χ0v) is 11.1. The number of hydrogen-bond donors (Lipinski definition) is 2. The molecule has 4 nitrogen and oxygen atoms in total. The molecule has 0 saturated carbocycles. The molecule has 0 aliphatic rings. The number of nitrogens with two attached hydrogens (primary N) is 1. The van der Waals surface area contributed by atoms with Crippen LogP contribution in [0.1, 0.15) is 32.8 Å². The summed E-state index contributed by atoms with van der Waals surface area (Å²) in [5.41, 5.74) is 3.83. The van der Waals surface area contributed by atoms with E-state index >= 15 is 0 Å². The summed E-state index contributed by atoms with van der Waals surface area (Å²) in [6.45, 7) is 9.89. The molecule has 0 saturated heterocycles. The first-order valence-electron chi connectivity index (χ1n) is 6.33. The molecule has 17 heavy (non-hydrogen) atoms. The fraction of sp³-hybridized carbons (Fsp3) is 0.615. The van der Waals surface area contributed by atoms with E-state index in [1.165, 1.54) is 12.0 Å². The fourth-order valence-electron chi connectivity index (χ4n) is 1.79. The minimum Gasteiger partial charge on any atom is -0.308 e. The molecule has 0 spiro atoms. The van der Waals surface area contributed by atoms with E-state index in [9.17, 15) is 0 Å². The first-order chi connectivity index (χ1) is 8.19. The highest BCUT2D eigenvalue weighted by molar-refractivity contribution is 5.35. The maximum absolute atomic E-state index is 5.36. The topological polar surface area (TPSA) is 54.2 Å². The van der Waals surface area contributed by atoms with Crippen molar-refractivity contribution in [3.05, 3.63) is 23.9 Å². The molecule has 0 bridgehead atoms. The van der Waals surface area contributed by atoms with Crippen LogP contribution in [-0.2, 0) is 6.54 Å². The molecule has 1 atom stereocenters. The molecule has 1 rings (SSSR count). The molecule has 4 heteroatoms. The van der Waals surface area contributed by atoms with Gasteiger partial charge in [0.05, 0.1) is 0 Å². The predicted octanol–water partition coefficient (Wildman–Crippen LogP) is 2.24. The number of rotatable bonds is 7. The Morgan fingerprint density at radius 1 is 1.47 bits per heavy atom. The van der Waals surface area contributed by atoms with Gasteiger partial charge in [0, 0.05) is 19.3 Å². The zero-order chi connectivity index (χ0) is 12.7. The molecule has 96 valence electrons. The fourth-order valence-corrected chi connectivity index (χ4v) is 1.79. The third-order valence-electron chi connectivity index (χ3n) is 3.09. The standard InChI is InChI=1S/C13H24N4/c1-4-11(3)9-17(5-2)10-12-6-7-15-13(8-12)16-14/h6-8,11H,4-5,9-10,14H2,1-3H3,(H,15,16). The van der Waals surface area contributed by atoms with E-state index < -0.39 is 0 Å². The monoisotopic (exact) mass is 236 g/mol. The number of hydrazine groups is 1. The van der Waals surface area contributed by atoms with Gasteiger partial charge in [-0.1, -0.05) is 27.2 Å². The van der Waals surface area contributed by atoms with Crippen molar-refractivity contribution in [2.45, 2.75) is 33.7 Å². The highest BCUT2D eigenvalue weighted by Gasteiger charge is 2.08. The number of nitrogen functional groups attached to an aromatic ring is 1. The molecule has 0 radical (unpaired) electrons. The van der Waals surface area contributed by atoms with Crippen LogP contribution in [0.3, 0.4) is 0 Å². The van der Waals surface area contributed by atoms with E-state index in [4.69, 9.17) is 5.84 Å². The highest BCUT2D eigenvalue weighted by Crippen LogP contribution is 2.11. The molecule has 0 amide bonds. The summed E-state index contributed by atoms with van der Waals surface area (Å²) in [5, 5.41) is 0. The van der Waals surface area contributed by atoms with Gasteiger partial charge in [-0.25, -0.2) is 10.8 Å². The van der Waals surface area contributed by atoms with E-state index in [0.29, 0.717) is 0 Å². The largest absolute Gasteiger partial charge is 0.308 e. The Morgan fingerprint density at radius 3 is 2.82 bits per heavy atom. The Kier molecular flexibility index (Phi) is 5.94. The Hall–Kier alpha value is -1.13. The van der Waals surface area contributed by atoms with Gasteiger partial charge in [-0.2, -0.15) is 0 Å². The van der Waals surface area contributed by atoms with Crippen molar-refractivity contribution in [2.75, 3.05) is 18.5 Å². The normalized spacial score (nSPS) is 12.8. The number of pyridine rings is 1. The van der Waals surface area contributed by atoms with Gasteiger partial charge in [-0.15, -0.1) is 0 Å². The van der Waals surface area contributed by atoms with Crippen molar-refractivity contribution < 1.29 is 0 Å². The third kappa shape index (κ3) is 4.71. The summed E-state index contributed by atoms with van der Waals surface area (Å²) in [6.07, 6.45) is 3.02. The van der Waals surface area contributed by atoms with Gasteiger partial charge in [0.25, 0.3) is 0 Å². The quantitative estimate of drug-likeness (QED) is 0.563. The second-order valence-corrected chi connectivity index (χ2v) is 4.53. The maximum Gasteiger partial charge on any atom is 0.140 e. The van der Waals surface area contributed by atoms with Gasteiger partial charge in [0.15, 0.2) is 0 Å². The molecular formula is C13H24N4. The van der Waals surface area contributed by atoms with Crippen LogP contribution >= 0.6 is 0 Å². The lowest BCUT2D eigenvalue weighted by molar-refractivity contribution is 0.238. The van der Waals surface area contributed by atoms with Crippen molar-refractivity contribution in [1.82, 2.24) is 9.88 Å². The van der Waals surface area contributed by atoms with Crippen LogP contribution < -0.4 is 11.3 Å². The average molecular weight is 236 g/mol. The summed E-state index contributed by atoms with van der Waals surface area (Å²) in [7, 11) is 0. The number of anilines is 1. The smallest absolute Gasteiger partial charge is 0.140 e. The molecule has 0 aliphatic heterocycles. The third-order valence-corrected chi connectivity index (χ3v) is 3.09. The molecule has 3 N–H and O–H groups in total. The average Bonchev–Trinajstić information content (AvgIpc) is 2.37. The lowest BCUT2D eigenvalue weighted by Crippen LogP contribution is -2.28. The number of aromatic nitrogens is 1. The summed E-state index contributed by atoms with van der Waals surface area (Å²) >= 11 is 0. The van der Waals surface area contributed by atoms with Gasteiger partial charge in [-0.3, -0.25) is 4.90 Å². The molecule has 0 aromatic carbocycles. The second-order valence-electron chi connectivity index (χ2n) is 4.53. The van der Waals surface area contributed by atoms with Crippen LogP contribution in [0.2, 0.25) is 0 Å². The van der Waals surface area contributed by atoms with Crippen molar-refractivity contribution in [3.63, 3.8) is 0 Å². The molecule has 1 heterocycles. The minimum absolute atomic E-state index is 0.724. The Morgan fingerprint density at radius 2 is 2.24 bits per heavy atom. The van der Waals surface area contributed by atoms with Crippen molar-refractivity contribution >= 4 is 5.82 Å². The number of nitrogens with zero attached hydrogens (tertiary/aromatic N) is 2. The van der Waals surface area contributed by atoms with Gasteiger partial charge in [0.2, 0.25) is 0 Å². The Balaban J connectivity index is 2.60. The van der Waals surface area contributed by atoms with Crippen molar-refractivity contribution in [2.24, 2.45) is 11.8 Å². The Bertz CT molecular complexity index is 327. The SMILES string of the molecule is CCC(C)CN(CC)Cc1ccnc(NN)c1. The van der Waals surface area contributed by atoms with E-state index in [-0.39, 0.29) is 0 Å². The first kappa shape index (κ1) is 13.9. The van der Waals surface area contributed by atoms with Crippen LogP contribution in [-0.4, -0.2) is 23.0 Å². The summed E-state index contributed by atoms with van der Waals surface area (Å²) in [5.74, 6) is 6.82. The van der Waals surface area contributed by atoms with E-state index in [1.54, 1.807) is 6.20 Å². The molecular weight excluding hydrogens is 212 g/mol. The van der Waals surface area contributed by atoms with Crippen LogP contribution in [0, 0.1) is 5.92 Å². The van der Waals surface area contributed by atoms with Crippen molar-refractivity contribution in [3.8, 4) is 0 Å². The lowest BCUT2D eigenvalue weighted by Gasteiger charge is -2.23. The molecule has 1 unspecified atom stereocenters. The number of hydrogen-bond acceptors (Lipinski definition) is 4. The molecule has 0 fully saturated rings. The predicted molar refractivity (Wildman–Crippen MR) is 72.5 cm³/mol. The van der Waals surface area contributed by atoms with Gasteiger partial charge < -0.3 is 5.43 Å². The Labute approximate surface area is 104 Å². The maximum atomic E-state index is 5.36. The second kappa shape index (κ2) is 7.25. The lowest BCUT2D eigenvalue weighted by atomic mass is 10.1. The summed E-state index contributed by atoms with van der Waals surface area (Å²) < 4.78 is 0. The van der Waals surface area contributed by atoms with Crippen molar-refractivity contribution in [1.29, 1.82) is 0 Å². The first-order valence-corrected chi connectivity index (χ1v) is 6.33.